The number of hydrogen-bond acceptors (Lipinski definition) is 1. The van der Waals surface area contributed by atoms with E-state index in [9.17, 15) is 13.2 Å². The van der Waals surface area contributed by atoms with Crippen molar-refractivity contribution in [1.82, 2.24) is 4.90 Å². The lowest BCUT2D eigenvalue weighted by atomic mass is 10.1. The molecule has 0 aromatic carbocycles. The van der Waals surface area contributed by atoms with Crippen molar-refractivity contribution in [1.29, 1.82) is 0 Å². The van der Waals surface area contributed by atoms with Crippen molar-refractivity contribution < 1.29 is 13.2 Å². The highest BCUT2D eigenvalue weighted by Crippen LogP contribution is 2.21. The van der Waals surface area contributed by atoms with E-state index in [1.165, 1.54) is 4.90 Å². The highest BCUT2D eigenvalue weighted by Gasteiger charge is 2.34. The predicted molar refractivity (Wildman–Crippen MR) is 43.1 cm³/mol. The molecule has 0 rings (SSSR count). The standard InChI is InChI=1S/C8H16F3N/c1-5-12(7(2,3)4)6-8(9,10)11/h5-6H2,1-4H3. The van der Waals surface area contributed by atoms with E-state index in [1.807, 2.05) is 0 Å². The number of alkyl halides is 3. The maximum absolute atomic E-state index is 12.0. The lowest BCUT2D eigenvalue weighted by molar-refractivity contribution is -0.155. The minimum atomic E-state index is -4.09. The first-order valence-corrected chi connectivity index (χ1v) is 3.98. The Morgan fingerprint density at radius 1 is 1.08 bits per heavy atom. The minimum absolute atomic E-state index is 0.412. The highest BCUT2D eigenvalue weighted by atomic mass is 19.4. The summed E-state index contributed by atoms with van der Waals surface area (Å²) in [5.41, 5.74) is -0.412. The lowest BCUT2D eigenvalue weighted by Crippen LogP contribution is -2.46. The van der Waals surface area contributed by atoms with E-state index < -0.39 is 18.3 Å². The maximum atomic E-state index is 12.0. The van der Waals surface area contributed by atoms with Gasteiger partial charge in [-0.2, -0.15) is 13.2 Å². The summed E-state index contributed by atoms with van der Waals surface area (Å²) in [7, 11) is 0. The van der Waals surface area contributed by atoms with Gasteiger partial charge in [-0.25, -0.2) is 0 Å². The van der Waals surface area contributed by atoms with Gasteiger partial charge in [0.2, 0.25) is 0 Å². The zero-order chi connectivity index (χ0) is 9.99. The lowest BCUT2D eigenvalue weighted by Gasteiger charge is -2.35. The second-order valence-corrected chi connectivity index (χ2v) is 3.80. The first-order valence-electron chi connectivity index (χ1n) is 3.98. The van der Waals surface area contributed by atoms with Crippen molar-refractivity contribution >= 4 is 0 Å². The van der Waals surface area contributed by atoms with E-state index in [1.54, 1.807) is 27.7 Å². The van der Waals surface area contributed by atoms with E-state index in [-0.39, 0.29) is 0 Å². The molecule has 0 saturated carbocycles. The van der Waals surface area contributed by atoms with Crippen LogP contribution in [-0.4, -0.2) is 29.7 Å². The molecule has 0 spiro atoms. The summed E-state index contributed by atoms with van der Waals surface area (Å²) in [4.78, 5) is 1.40. The Kier molecular flexibility index (Phi) is 3.57. The van der Waals surface area contributed by atoms with Gasteiger partial charge >= 0.3 is 6.18 Å². The molecular weight excluding hydrogens is 167 g/mol. The summed E-state index contributed by atoms with van der Waals surface area (Å²) in [6.07, 6.45) is -4.09. The molecular formula is C8H16F3N. The van der Waals surface area contributed by atoms with Crippen molar-refractivity contribution in [2.75, 3.05) is 13.1 Å². The first-order chi connectivity index (χ1) is 5.17. The van der Waals surface area contributed by atoms with Crippen LogP contribution in [0.25, 0.3) is 0 Å². The largest absolute Gasteiger partial charge is 0.401 e. The fraction of sp³-hybridized carbons (Fsp3) is 1.00. The molecule has 0 bridgehead atoms. The topological polar surface area (TPSA) is 3.24 Å². The fourth-order valence-electron chi connectivity index (χ4n) is 1.04. The Balaban J connectivity index is 4.20. The van der Waals surface area contributed by atoms with E-state index in [2.05, 4.69) is 0 Å². The van der Waals surface area contributed by atoms with Gasteiger partial charge in [-0.05, 0) is 27.3 Å². The van der Waals surface area contributed by atoms with E-state index in [0.29, 0.717) is 6.54 Å². The molecule has 0 aliphatic heterocycles. The Labute approximate surface area is 71.6 Å². The van der Waals surface area contributed by atoms with Crippen LogP contribution in [0.15, 0.2) is 0 Å². The van der Waals surface area contributed by atoms with Crippen LogP contribution in [0.3, 0.4) is 0 Å². The molecule has 0 saturated heterocycles. The van der Waals surface area contributed by atoms with Crippen LogP contribution in [0, 0.1) is 0 Å². The van der Waals surface area contributed by atoms with Gasteiger partial charge in [0.1, 0.15) is 0 Å². The molecule has 0 aromatic rings. The summed E-state index contributed by atoms with van der Waals surface area (Å²) >= 11 is 0. The van der Waals surface area contributed by atoms with Crippen LogP contribution < -0.4 is 0 Å². The molecule has 0 amide bonds. The molecule has 0 heterocycles. The van der Waals surface area contributed by atoms with Gasteiger partial charge < -0.3 is 0 Å². The van der Waals surface area contributed by atoms with Gasteiger partial charge in [0.05, 0.1) is 6.54 Å². The Morgan fingerprint density at radius 3 is 1.58 bits per heavy atom. The van der Waals surface area contributed by atoms with Gasteiger partial charge in [-0.3, -0.25) is 4.90 Å². The van der Waals surface area contributed by atoms with Crippen molar-refractivity contribution in [3.63, 3.8) is 0 Å². The average molecular weight is 183 g/mol. The number of rotatable bonds is 2. The Bertz CT molecular complexity index is 134. The van der Waals surface area contributed by atoms with Crippen molar-refractivity contribution in [3.05, 3.63) is 0 Å². The predicted octanol–water partition coefficient (Wildman–Crippen LogP) is 2.67. The van der Waals surface area contributed by atoms with Crippen LogP contribution in [0.1, 0.15) is 27.7 Å². The third-order valence-corrected chi connectivity index (χ3v) is 1.70. The summed E-state index contributed by atoms with van der Waals surface area (Å²) in [6, 6.07) is 0. The van der Waals surface area contributed by atoms with Crippen LogP contribution in [0.5, 0.6) is 0 Å². The second-order valence-electron chi connectivity index (χ2n) is 3.80. The van der Waals surface area contributed by atoms with E-state index in [0.717, 1.165) is 0 Å². The molecule has 74 valence electrons. The molecule has 0 aromatic heterocycles. The molecule has 0 fully saturated rings. The van der Waals surface area contributed by atoms with Gasteiger partial charge in [0.15, 0.2) is 0 Å². The molecule has 0 unspecified atom stereocenters. The monoisotopic (exact) mass is 183 g/mol. The van der Waals surface area contributed by atoms with E-state index >= 15 is 0 Å². The van der Waals surface area contributed by atoms with Gasteiger partial charge in [-0.1, -0.05) is 6.92 Å². The minimum Gasteiger partial charge on any atom is -0.290 e. The van der Waals surface area contributed by atoms with Crippen molar-refractivity contribution in [2.24, 2.45) is 0 Å². The third-order valence-electron chi connectivity index (χ3n) is 1.70. The van der Waals surface area contributed by atoms with Crippen LogP contribution >= 0.6 is 0 Å². The smallest absolute Gasteiger partial charge is 0.290 e. The fourth-order valence-corrected chi connectivity index (χ4v) is 1.04. The Morgan fingerprint density at radius 2 is 1.50 bits per heavy atom. The van der Waals surface area contributed by atoms with Crippen molar-refractivity contribution in [3.8, 4) is 0 Å². The quantitative estimate of drug-likeness (QED) is 0.636. The van der Waals surface area contributed by atoms with Gasteiger partial charge in [0, 0.05) is 5.54 Å². The van der Waals surface area contributed by atoms with Crippen molar-refractivity contribution in [2.45, 2.75) is 39.4 Å². The van der Waals surface area contributed by atoms with Gasteiger partial charge in [-0.15, -0.1) is 0 Å². The second kappa shape index (κ2) is 3.64. The number of hydrogen-bond donors (Lipinski definition) is 0. The van der Waals surface area contributed by atoms with Crippen LogP contribution in [-0.2, 0) is 0 Å². The number of halogens is 3. The normalized spacial score (nSPS) is 14.0. The zero-order valence-electron chi connectivity index (χ0n) is 8.00. The molecule has 1 nitrogen and oxygen atoms in total. The van der Waals surface area contributed by atoms with Crippen LogP contribution in [0.4, 0.5) is 13.2 Å². The molecule has 0 N–H and O–H groups in total. The maximum Gasteiger partial charge on any atom is 0.401 e. The molecule has 0 atom stereocenters. The summed E-state index contributed by atoms with van der Waals surface area (Å²) < 4.78 is 35.9. The van der Waals surface area contributed by atoms with Gasteiger partial charge in [0.25, 0.3) is 0 Å². The highest BCUT2D eigenvalue weighted by molar-refractivity contribution is 4.77. The molecule has 0 aliphatic rings. The Hall–Kier alpha value is -0.250. The molecule has 0 aliphatic carbocycles. The first kappa shape index (κ1) is 11.8. The molecule has 4 heteroatoms. The summed E-state index contributed by atoms with van der Waals surface area (Å²) in [5.74, 6) is 0. The third kappa shape index (κ3) is 4.59. The number of nitrogens with zero attached hydrogens (tertiary/aromatic N) is 1. The molecule has 12 heavy (non-hydrogen) atoms. The van der Waals surface area contributed by atoms with Crippen LogP contribution in [0.2, 0.25) is 0 Å². The SMILES string of the molecule is CCN(CC(F)(F)F)C(C)(C)C. The summed E-state index contributed by atoms with van der Waals surface area (Å²) in [5, 5.41) is 0. The molecule has 0 radical (unpaired) electrons. The van der Waals surface area contributed by atoms with E-state index in [4.69, 9.17) is 0 Å². The average Bonchev–Trinajstić information content (AvgIpc) is 1.78. The summed E-state index contributed by atoms with van der Waals surface area (Å²) in [6.45, 7) is 6.67. The zero-order valence-corrected chi connectivity index (χ0v) is 8.00.